The van der Waals surface area contributed by atoms with Gasteiger partial charge in [0.2, 0.25) is 0 Å². The second-order valence-corrected chi connectivity index (χ2v) is 5.79. The lowest BCUT2D eigenvalue weighted by atomic mass is 9.99. The van der Waals surface area contributed by atoms with Crippen LogP contribution < -0.4 is 19.9 Å². The van der Waals surface area contributed by atoms with Crippen molar-refractivity contribution in [2.24, 2.45) is 5.73 Å². The fourth-order valence-corrected chi connectivity index (χ4v) is 2.51. The normalized spacial score (nSPS) is 11.2. The molecule has 0 aliphatic heterocycles. The highest BCUT2D eigenvalue weighted by molar-refractivity contribution is 5.85. The summed E-state index contributed by atoms with van der Waals surface area (Å²) < 4.78 is 16.8. The molecule has 4 nitrogen and oxygen atoms in total. The molecule has 2 aromatic rings. The largest absolute Gasteiger partial charge is 0.493 e. The molecule has 0 amide bonds. The summed E-state index contributed by atoms with van der Waals surface area (Å²) in [7, 11) is 3.21. The molecule has 0 bridgehead atoms. The Balaban J connectivity index is 0.00000312. The third kappa shape index (κ3) is 5.69. The lowest BCUT2D eigenvalue weighted by Crippen LogP contribution is -2.13. The van der Waals surface area contributed by atoms with Crippen LogP contribution in [0.15, 0.2) is 54.6 Å². The fraction of sp³-hybridized carbons (Fsp3) is 0.300. The van der Waals surface area contributed by atoms with Gasteiger partial charge in [0, 0.05) is 17.7 Å². The summed E-state index contributed by atoms with van der Waals surface area (Å²) in [5.41, 5.74) is 9.33. The number of rotatable bonds is 8. The van der Waals surface area contributed by atoms with E-state index in [4.69, 9.17) is 19.9 Å². The van der Waals surface area contributed by atoms with Crippen LogP contribution in [0.5, 0.6) is 17.2 Å². The van der Waals surface area contributed by atoms with Gasteiger partial charge in [-0.25, -0.2) is 0 Å². The van der Waals surface area contributed by atoms with Crippen LogP contribution in [0, 0.1) is 0 Å². The highest BCUT2D eigenvalue weighted by Gasteiger charge is 2.18. The van der Waals surface area contributed by atoms with Gasteiger partial charge >= 0.3 is 0 Å². The Kier molecular flexibility index (Phi) is 8.32. The van der Waals surface area contributed by atoms with Crippen molar-refractivity contribution in [1.29, 1.82) is 0 Å². The summed E-state index contributed by atoms with van der Waals surface area (Å²) >= 11 is 0. The maximum absolute atomic E-state index is 6.34. The predicted molar refractivity (Wildman–Crippen MR) is 104 cm³/mol. The highest BCUT2D eigenvalue weighted by atomic mass is 35.5. The van der Waals surface area contributed by atoms with E-state index in [0.717, 1.165) is 16.7 Å². The van der Waals surface area contributed by atoms with Crippen molar-refractivity contribution in [3.05, 3.63) is 65.7 Å². The van der Waals surface area contributed by atoms with Gasteiger partial charge in [-0.1, -0.05) is 35.9 Å². The minimum atomic E-state index is -0.215. The number of nitrogens with two attached hydrogens (primary N) is 1. The highest BCUT2D eigenvalue weighted by Crippen LogP contribution is 2.38. The Morgan fingerprint density at radius 2 is 1.64 bits per heavy atom. The molecule has 2 N–H and O–H groups in total. The summed E-state index contributed by atoms with van der Waals surface area (Å²) in [6, 6.07) is 13.5. The average Bonchev–Trinajstić information content (AvgIpc) is 2.59. The average molecular weight is 364 g/mol. The number of ether oxygens (including phenoxy) is 3. The Labute approximate surface area is 156 Å². The zero-order valence-corrected chi connectivity index (χ0v) is 15.8. The molecule has 0 saturated carbocycles. The summed E-state index contributed by atoms with van der Waals surface area (Å²) in [6.45, 7) is 6.37. The van der Waals surface area contributed by atoms with Crippen LogP contribution in [-0.2, 0) is 6.61 Å². The molecule has 0 unspecified atom stereocenters. The van der Waals surface area contributed by atoms with Gasteiger partial charge in [0.15, 0.2) is 11.5 Å². The summed E-state index contributed by atoms with van der Waals surface area (Å²) in [6.07, 6.45) is 0.678. The first-order valence-electron chi connectivity index (χ1n) is 7.87. The topological polar surface area (TPSA) is 53.7 Å². The summed E-state index contributed by atoms with van der Waals surface area (Å²) in [5.74, 6) is 1.95. The van der Waals surface area contributed by atoms with Gasteiger partial charge in [-0.2, -0.15) is 0 Å². The molecule has 0 spiro atoms. The van der Waals surface area contributed by atoms with Crippen LogP contribution >= 0.6 is 12.4 Å². The molecular weight excluding hydrogens is 338 g/mol. The van der Waals surface area contributed by atoms with Crippen LogP contribution in [0.1, 0.15) is 30.5 Å². The maximum atomic E-state index is 6.34. The van der Waals surface area contributed by atoms with Crippen molar-refractivity contribution in [2.75, 3.05) is 14.2 Å². The van der Waals surface area contributed by atoms with Gasteiger partial charge in [0.1, 0.15) is 12.4 Å². The number of methoxy groups -OCH3 is 2. The standard InChI is InChI=1S/C20H25NO3.ClH/c1-14(2)10-17(21)16-11-19(22-3)20(23-4)12-18(16)24-13-15-8-6-5-7-9-15;/h5-9,11-12,17H,1,10,13,21H2,2-4H3;1H/t17-;/m1./s1. The van der Waals surface area contributed by atoms with Crippen molar-refractivity contribution in [3.63, 3.8) is 0 Å². The number of hydrogen-bond acceptors (Lipinski definition) is 4. The second kappa shape index (κ2) is 9.97. The van der Waals surface area contributed by atoms with Gasteiger partial charge < -0.3 is 19.9 Å². The number of benzene rings is 2. The Morgan fingerprint density at radius 1 is 1.04 bits per heavy atom. The Hall–Kier alpha value is -2.17. The Bertz CT molecular complexity index is 689. The first kappa shape index (κ1) is 20.9. The number of hydrogen-bond donors (Lipinski definition) is 1. The van der Waals surface area contributed by atoms with Crippen LogP contribution in [0.3, 0.4) is 0 Å². The van der Waals surface area contributed by atoms with Crippen molar-refractivity contribution in [1.82, 2.24) is 0 Å². The van der Waals surface area contributed by atoms with Crippen molar-refractivity contribution < 1.29 is 14.2 Å². The quantitative estimate of drug-likeness (QED) is 0.692. The molecule has 0 aromatic heterocycles. The van der Waals surface area contributed by atoms with Crippen LogP contribution in [0.25, 0.3) is 0 Å². The van der Waals surface area contributed by atoms with E-state index in [1.807, 2.05) is 49.4 Å². The molecule has 5 heteroatoms. The third-order valence-corrected chi connectivity index (χ3v) is 3.72. The first-order valence-corrected chi connectivity index (χ1v) is 7.87. The minimum Gasteiger partial charge on any atom is -0.493 e. The lowest BCUT2D eigenvalue weighted by Gasteiger charge is -2.20. The molecule has 1 atom stereocenters. The molecule has 0 aliphatic carbocycles. The molecule has 2 aromatic carbocycles. The van der Waals surface area contributed by atoms with Crippen molar-refractivity contribution in [3.8, 4) is 17.2 Å². The predicted octanol–water partition coefficient (Wildman–Crippen LogP) is 4.67. The molecule has 136 valence electrons. The molecule has 25 heavy (non-hydrogen) atoms. The smallest absolute Gasteiger partial charge is 0.164 e. The molecule has 0 aliphatic rings. The molecule has 0 saturated heterocycles. The monoisotopic (exact) mass is 363 g/mol. The van der Waals surface area contributed by atoms with Crippen LogP contribution in [0.4, 0.5) is 0 Å². The van der Waals surface area contributed by atoms with E-state index in [0.29, 0.717) is 30.3 Å². The van der Waals surface area contributed by atoms with E-state index >= 15 is 0 Å². The van der Waals surface area contributed by atoms with E-state index in [-0.39, 0.29) is 18.4 Å². The zero-order chi connectivity index (χ0) is 17.5. The van der Waals surface area contributed by atoms with E-state index < -0.39 is 0 Å². The van der Waals surface area contributed by atoms with Gasteiger partial charge in [-0.05, 0) is 25.0 Å². The fourth-order valence-electron chi connectivity index (χ4n) is 2.51. The minimum absolute atomic E-state index is 0. The van der Waals surface area contributed by atoms with Gasteiger partial charge in [0.05, 0.1) is 14.2 Å². The van der Waals surface area contributed by atoms with Crippen LogP contribution in [0.2, 0.25) is 0 Å². The second-order valence-electron chi connectivity index (χ2n) is 5.79. The van der Waals surface area contributed by atoms with E-state index in [2.05, 4.69) is 6.58 Å². The molecule has 0 radical (unpaired) electrons. The van der Waals surface area contributed by atoms with Gasteiger partial charge in [0.25, 0.3) is 0 Å². The van der Waals surface area contributed by atoms with Gasteiger partial charge in [-0.3, -0.25) is 0 Å². The molecule has 0 heterocycles. The molecule has 0 fully saturated rings. The zero-order valence-electron chi connectivity index (χ0n) is 15.0. The van der Waals surface area contributed by atoms with E-state index in [1.54, 1.807) is 14.2 Å². The third-order valence-electron chi connectivity index (χ3n) is 3.72. The first-order chi connectivity index (χ1) is 11.5. The summed E-state index contributed by atoms with van der Waals surface area (Å²) in [5, 5.41) is 0. The van der Waals surface area contributed by atoms with Crippen molar-refractivity contribution >= 4 is 12.4 Å². The summed E-state index contributed by atoms with van der Waals surface area (Å²) in [4.78, 5) is 0. The molecular formula is C20H26ClNO3. The van der Waals surface area contributed by atoms with Crippen LogP contribution in [-0.4, -0.2) is 14.2 Å². The van der Waals surface area contributed by atoms with Crippen molar-refractivity contribution in [2.45, 2.75) is 26.0 Å². The van der Waals surface area contributed by atoms with E-state index in [9.17, 15) is 0 Å². The van der Waals surface area contributed by atoms with Gasteiger partial charge in [-0.15, -0.1) is 19.0 Å². The SMILES string of the molecule is C=C(C)C[C@@H](N)c1cc(OC)c(OC)cc1OCc1ccccc1.Cl. The molecule has 2 rings (SSSR count). The van der Waals surface area contributed by atoms with E-state index in [1.165, 1.54) is 0 Å². The lowest BCUT2D eigenvalue weighted by molar-refractivity contribution is 0.295. The Morgan fingerprint density at radius 3 is 2.20 bits per heavy atom. The number of halogens is 1. The maximum Gasteiger partial charge on any atom is 0.164 e.